The highest BCUT2D eigenvalue weighted by Crippen LogP contribution is 2.22. The molecule has 128 valence electrons. The summed E-state index contributed by atoms with van der Waals surface area (Å²) in [7, 11) is 0. The Labute approximate surface area is 136 Å². The van der Waals surface area contributed by atoms with Crippen LogP contribution in [0, 0.1) is 6.92 Å². The summed E-state index contributed by atoms with van der Waals surface area (Å²) in [5, 5.41) is 18.0. The molecule has 0 spiro atoms. The fourth-order valence-electron chi connectivity index (χ4n) is 1.64. The molecule has 1 aromatic carbocycles. The Balaban J connectivity index is 0.000000688. The molecule has 0 aliphatic rings. The molecule has 1 rings (SSSR count). The topological polar surface area (TPSA) is 95.9 Å². The lowest BCUT2D eigenvalue weighted by atomic mass is 10.0. The van der Waals surface area contributed by atoms with Gasteiger partial charge in [-0.2, -0.15) is 0 Å². The molecule has 0 radical (unpaired) electrons. The van der Waals surface area contributed by atoms with Crippen LogP contribution in [0.5, 0.6) is 5.75 Å². The Hall–Kier alpha value is -2.34. The maximum atomic E-state index is 9.10. The van der Waals surface area contributed by atoms with Crippen molar-refractivity contribution in [2.45, 2.75) is 26.7 Å². The van der Waals surface area contributed by atoms with Crippen molar-refractivity contribution in [3.63, 3.8) is 0 Å². The molecule has 0 amide bonds. The van der Waals surface area contributed by atoms with Gasteiger partial charge < -0.3 is 20.3 Å². The number of carbonyl (C=O) groups is 2. The van der Waals surface area contributed by atoms with Crippen LogP contribution in [0.1, 0.15) is 30.9 Å². The number of benzene rings is 1. The summed E-state index contributed by atoms with van der Waals surface area (Å²) in [5.41, 5.74) is 2.59. The van der Waals surface area contributed by atoms with Gasteiger partial charge in [-0.25, -0.2) is 9.59 Å². The minimum Gasteiger partial charge on any atom is -0.492 e. The lowest BCUT2D eigenvalue weighted by Gasteiger charge is -2.12. The van der Waals surface area contributed by atoms with Gasteiger partial charge in [-0.3, -0.25) is 0 Å². The summed E-state index contributed by atoms with van der Waals surface area (Å²) >= 11 is 0. The third kappa shape index (κ3) is 10.1. The first-order chi connectivity index (χ1) is 10.8. The van der Waals surface area contributed by atoms with E-state index in [4.69, 9.17) is 24.5 Å². The fraction of sp³-hybridized carbons (Fsp3) is 0.412. The summed E-state index contributed by atoms with van der Waals surface area (Å²) in [6.07, 6.45) is 1.85. The van der Waals surface area contributed by atoms with Gasteiger partial charge in [-0.15, -0.1) is 6.58 Å². The van der Waals surface area contributed by atoms with Gasteiger partial charge >= 0.3 is 11.9 Å². The average Bonchev–Trinajstić information content (AvgIpc) is 2.47. The third-order valence-corrected chi connectivity index (χ3v) is 2.76. The quantitative estimate of drug-likeness (QED) is 0.405. The largest absolute Gasteiger partial charge is 0.492 e. The number of carboxylic acids is 2. The Morgan fingerprint density at radius 3 is 2.35 bits per heavy atom. The number of aliphatic carboxylic acids is 2. The lowest BCUT2D eigenvalue weighted by Crippen LogP contribution is -2.20. The van der Waals surface area contributed by atoms with Crippen LogP contribution in [0.25, 0.3) is 0 Å². The third-order valence-electron chi connectivity index (χ3n) is 2.76. The van der Waals surface area contributed by atoms with E-state index in [1.54, 1.807) is 0 Å². The van der Waals surface area contributed by atoms with Crippen molar-refractivity contribution in [1.82, 2.24) is 5.32 Å². The van der Waals surface area contributed by atoms with E-state index in [-0.39, 0.29) is 0 Å². The molecule has 0 aliphatic heterocycles. The molecule has 0 atom stereocenters. The van der Waals surface area contributed by atoms with Crippen molar-refractivity contribution >= 4 is 11.9 Å². The van der Waals surface area contributed by atoms with Crippen molar-refractivity contribution < 1.29 is 24.5 Å². The van der Waals surface area contributed by atoms with Crippen molar-refractivity contribution in [3.05, 3.63) is 42.0 Å². The molecule has 3 N–H and O–H groups in total. The SMILES string of the molecule is C=CCNCCOc1cc(C)cc(C(C)C)c1.O=C(O)C(=O)O. The second-order valence-corrected chi connectivity index (χ2v) is 5.19. The summed E-state index contributed by atoms with van der Waals surface area (Å²) in [6.45, 7) is 12.5. The smallest absolute Gasteiger partial charge is 0.414 e. The van der Waals surface area contributed by atoms with Crippen molar-refractivity contribution in [1.29, 1.82) is 0 Å². The molecule has 23 heavy (non-hydrogen) atoms. The molecule has 0 aliphatic carbocycles. The molecule has 6 heteroatoms. The van der Waals surface area contributed by atoms with Crippen LogP contribution < -0.4 is 10.1 Å². The Bertz CT molecular complexity index is 514. The normalized spacial score (nSPS) is 9.74. The van der Waals surface area contributed by atoms with Gasteiger partial charge in [0.2, 0.25) is 0 Å². The molecule has 0 heterocycles. The van der Waals surface area contributed by atoms with Gasteiger partial charge in [-0.1, -0.05) is 26.0 Å². The van der Waals surface area contributed by atoms with Crippen LogP contribution in [-0.4, -0.2) is 41.8 Å². The van der Waals surface area contributed by atoms with Gasteiger partial charge in [-0.05, 0) is 36.1 Å². The number of hydrogen-bond acceptors (Lipinski definition) is 4. The Morgan fingerprint density at radius 2 is 1.87 bits per heavy atom. The summed E-state index contributed by atoms with van der Waals surface area (Å²) < 4.78 is 5.73. The van der Waals surface area contributed by atoms with E-state index >= 15 is 0 Å². The second kappa shape index (κ2) is 11.3. The summed E-state index contributed by atoms with van der Waals surface area (Å²) in [6, 6.07) is 6.43. The van der Waals surface area contributed by atoms with Gasteiger partial charge in [0.15, 0.2) is 0 Å². The first-order valence-electron chi connectivity index (χ1n) is 7.30. The highest BCUT2D eigenvalue weighted by Gasteiger charge is 2.04. The second-order valence-electron chi connectivity index (χ2n) is 5.19. The first kappa shape index (κ1) is 20.7. The van der Waals surface area contributed by atoms with Crippen molar-refractivity contribution in [2.24, 2.45) is 0 Å². The van der Waals surface area contributed by atoms with E-state index < -0.39 is 11.9 Å². The zero-order valence-corrected chi connectivity index (χ0v) is 13.8. The zero-order valence-electron chi connectivity index (χ0n) is 13.8. The van der Waals surface area contributed by atoms with Crippen LogP contribution in [0.2, 0.25) is 0 Å². The molecule has 6 nitrogen and oxygen atoms in total. The van der Waals surface area contributed by atoms with Gasteiger partial charge in [0, 0.05) is 13.1 Å². The van der Waals surface area contributed by atoms with E-state index in [1.165, 1.54) is 11.1 Å². The fourth-order valence-corrected chi connectivity index (χ4v) is 1.64. The highest BCUT2D eigenvalue weighted by molar-refractivity contribution is 6.27. The Kier molecular flexibility index (Phi) is 10.1. The van der Waals surface area contributed by atoms with E-state index in [9.17, 15) is 0 Å². The highest BCUT2D eigenvalue weighted by atomic mass is 16.5. The number of aryl methyl sites for hydroxylation is 1. The minimum absolute atomic E-state index is 0.538. The molecule has 0 saturated heterocycles. The molecule has 1 aromatic rings. The maximum Gasteiger partial charge on any atom is 0.414 e. The van der Waals surface area contributed by atoms with E-state index in [0.717, 1.165) is 18.8 Å². The zero-order chi connectivity index (χ0) is 17.8. The molecular formula is C17H25NO5. The van der Waals surface area contributed by atoms with Crippen LogP contribution in [0.3, 0.4) is 0 Å². The van der Waals surface area contributed by atoms with Crippen LogP contribution in [-0.2, 0) is 9.59 Å². The number of ether oxygens (including phenoxy) is 1. The molecule has 0 bridgehead atoms. The number of hydrogen-bond donors (Lipinski definition) is 3. The maximum absolute atomic E-state index is 9.10. The van der Waals surface area contributed by atoms with Crippen LogP contribution in [0.15, 0.2) is 30.9 Å². The molecular weight excluding hydrogens is 298 g/mol. The molecule has 0 saturated carbocycles. The number of rotatable bonds is 7. The van der Waals surface area contributed by atoms with E-state index in [0.29, 0.717) is 12.5 Å². The van der Waals surface area contributed by atoms with Gasteiger partial charge in [0.1, 0.15) is 12.4 Å². The van der Waals surface area contributed by atoms with Crippen molar-refractivity contribution in [2.75, 3.05) is 19.7 Å². The molecule has 0 aromatic heterocycles. The summed E-state index contributed by atoms with van der Waals surface area (Å²) in [5.74, 6) is -2.14. The first-order valence-corrected chi connectivity index (χ1v) is 7.30. The lowest BCUT2D eigenvalue weighted by molar-refractivity contribution is -0.159. The average molecular weight is 323 g/mol. The van der Waals surface area contributed by atoms with Crippen LogP contribution >= 0.6 is 0 Å². The number of nitrogens with one attached hydrogen (secondary N) is 1. The predicted molar refractivity (Wildman–Crippen MR) is 89.1 cm³/mol. The minimum atomic E-state index is -1.82. The van der Waals surface area contributed by atoms with Crippen LogP contribution in [0.4, 0.5) is 0 Å². The summed E-state index contributed by atoms with van der Waals surface area (Å²) in [4.78, 5) is 18.2. The Morgan fingerprint density at radius 1 is 1.26 bits per heavy atom. The predicted octanol–water partition coefficient (Wildman–Crippen LogP) is 2.43. The molecule has 0 fully saturated rings. The van der Waals surface area contributed by atoms with E-state index in [1.807, 2.05) is 6.08 Å². The molecule has 0 unspecified atom stereocenters. The van der Waals surface area contributed by atoms with Crippen molar-refractivity contribution in [3.8, 4) is 5.75 Å². The van der Waals surface area contributed by atoms with Gasteiger partial charge in [0.05, 0.1) is 0 Å². The van der Waals surface area contributed by atoms with E-state index in [2.05, 4.69) is 50.9 Å². The monoisotopic (exact) mass is 323 g/mol. The standard InChI is InChI=1S/C15H23NO.C2H2O4/c1-5-6-16-7-8-17-15-10-13(4)9-14(11-15)12(2)3;3-1(4)2(5)6/h5,9-12,16H,1,6-8H2,2-4H3;(H,3,4)(H,5,6). The number of carboxylic acid groups (broad SMARTS) is 2. The van der Waals surface area contributed by atoms with Gasteiger partial charge in [0.25, 0.3) is 0 Å².